The molecule has 1 aliphatic heterocycles. The fourth-order valence-corrected chi connectivity index (χ4v) is 2.69. The summed E-state index contributed by atoms with van der Waals surface area (Å²) in [4.78, 5) is 37.3. The van der Waals surface area contributed by atoms with Crippen LogP contribution in [0.3, 0.4) is 0 Å². The zero-order valence-corrected chi connectivity index (χ0v) is 14.1. The highest BCUT2D eigenvalue weighted by atomic mass is 19.3. The molecule has 1 saturated heterocycles. The molecule has 9 heteroatoms. The second kappa shape index (κ2) is 7.02. The molecule has 1 fully saturated rings. The van der Waals surface area contributed by atoms with Gasteiger partial charge in [-0.1, -0.05) is 36.4 Å². The van der Waals surface area contributed by atoms with Crippen molar-refractivity contribution in [3.8, 4) is 5.75 Å². The van der Waals surface area contributed by atoms with Gasteiger partial charge >= 0.3 is 12.6 Å². The molecule has 27 heavy (non-hydrogen) atoms. The largest absolute Gasteiger partial charge is 0.435 e. The number of hydrazine groups is 1. The van der Waals surface area contributed by atoms with Gasteiger partial charge in [-0.3, -0.25) is 15.0 Å². The summed E-state index contributed by atoms with van der Waals surface area (Å²) in [7, 11) is 0. The third kappa shape index (κ3) is 3.57. The Kier molecular flexibility index (Phi) is 4.76. The van der Waals surface area contributed by atoms with Crippen molar-refractivity contribution in [3.05, 3.63) is 65.7 Å². The van der Waals surface area contributed by atoms with Gasteiger partial charge in [-0.05, 0) is 30.7 Å². The maximum absolute atomic E-state index is 12.7. The lowest BCUT2D eigenvalue weighted by atomic mass is 9.92. The summed E-state index contributed by atoms with van der Waals surface area (Å²) >= 11 is 0. The van der Waals surface area contributed by atoms with Crippen LogP contribution in [0.5, 0.6) is 5.75 Å². The molecular weight excluding hydrogens is 360 g/mol. The van der Waals surface area contributed by atoms with Crippen LogP contribution in [0.4, 0.5) is 13.6 Å². The molecule has 0 aliphatic carbocycles. The summed E-state index contributed by atoms with van der Waals surface area (Å²) in [5, 5.41) is 3.11. The predicted octanol–water partition coefficient (Wildman–Crippen LogP) is 2.40. The lowest BCUT2D eigenvalue weighted by Gasteiger charge is -2.22. The Morgan fingerprint density at radius 1 is 1.15 bits per heavy atom. The first-order chi connectivity index (χ1) is 12.8. The molecule has 2 aromatic rings. The summed E-state index contributed by atoms with van der Waals surface area (Å²) in [6.07, 6.45) is 0. The highest BCUT2D eigenvalue weighted by Gasteiger charge is 2.50. The molecule has 2 aromatic carbocycles. The van der Waals surface area contributed by atoms with E-state index in [9.17, 15) is 23.2 Å². The zero-order valence-electron chi connectivity index (χ0n) is 14.1. The lowest BCUT2D eigenvalue weighted by molar-refractivity contribution is -0.132. The van der Waals surface area contributed by atoms with E-state index in [2.05, 4.69) is 15.5 Å². The molecule has 0 aromatic heterocycles. The number of ether oxygens (including phenoxy) is 1. The van der Waals surface area contributed by atoms with Crippen molar-refractivity contribution < 1.29 is 27.9 Å². The number of amides is 4. The Morgan fingerprint density at radius 3 is 2.52 bits per heavy atom. The second-order valence-electron chi connectivity index (χ2n) is 5.91. The van der Waals surface area contributed by atoms with Crippen LogP contribution >= 0.6 is 0 Å². The number of hydrogen-bond donors (Lipinski definition) is 2. The van der Waals surface area contributed by atoms with Crippen molar-refractivity contribution in [2.45, 2.75) is 19.1 Å². The van der Waals surface area contributed by atoms with E-state index in [0.29, 0.717) is 10.6 Å². The Labute approximate surface area is 152 Å². The predicted molar refractivity (Wildman–Crippen MR) is 89.7 cm³/mol. The quantitative estimate of drug-likeness (QED) is 0.786. The van der Waals surface area contributed by atoms with Crippen molar-refractivity contribution in [1.29, 1.82) is 0 Å². The first-order valence-electron chi connectivity index (χ1n) is 7.89. The van der Waals surface area contributed by atoms with Gasteiger partial charge in [-0.15, -0.1) is 0 Å². The Balaban J connectivity index is 1.79. The number of hydrogen-bond acceptors (Lipinski definition) is 4. The Hall–Kier alpha value is -3.49. The number of carbonyl (C=O) groups excluding carboxylic acids is 3. The fraction of sp³-hybridized carbons (Fsp3) is 0.167. The first-order valence-corrected chi connectivity index (χ1v) is 7.89. The highest BCUT2D eigenvalue weighted by molar-refractivity contribution is 6.09. The Bertz CT molecular complexity index is 891. The number of alkyl halides is 2. The highest BCUT2D eigenvalue weighted by Crippen LogP contribution is 2.27. The third-order valence-electron chi connectivity index (χ3n) is 4.08. The average molecular weight is 375 g/mol. The lowest BCUT2D eigenvalue weighted by Crippen LogP contribution is -2.47. The van der Waals surface area contributed by atoms with E-state index in [1.165, 1.54) is 25.1 Å². The third-order valence-corrected chi connectivity index (χ3v) is 4.08. The number of rotatable bonds is 5. The number of carbonyl (C=O) groups is 3. The molecule has 4 amide bonds. The van der Waals surface area contributed by atoms with E-state index >= 15 is 0 Å². The van der Waals surface area contributed by atoms with Gasteiger partial charge in [0.2, 0.25) is 0 Å². The van der Waals surface area contributed by atoms with Crippen molar-refractivity contribution in [3.63, 3.8) is 0 Å². The molecule has 0 unspecified atom stereocenters. The maximum Gasteiger partial charge on any atom is 0.387 e. The molecule has 1 atom stereocenters. The molecule has 1 heterocycles. The smallest absolute Gasteiger partial charge is 0.387 e. The molecular formula is C18H15F2N3O4. The van der Waals surface area contributed by atoms with Crippen LogP contribution in [0.15, 0.2) is 54.6 Å². The number of urea groups is 1. The van der Waals surface area contributed by atoms with Crippen LogP contribution in [0.1, 0.15) is 22.8 Å². The Morgan fingerprint density at radius 2 is 1.85 bits per heavy atom. The standard InChI is InChI=1S/C18H15F2N3O4/c1-18(12-7-3-2-4-8-12)15(25)23(17(26)21-18)22-14(24)11-6-5-9-13(10-11)27-16(19)20/h2-10,16H,1H3,(H,21,26)(H,22,24)/t18-/m1/s1. The van der Waals surface area contributed by atoms with Gasteiger partial charge in [0.25, 0.3) is 11.8 Å². The number of nitrogens with one attached hydrogen (secondary N) is 2. The summed E-state index contributed by atoms with van der Waals surface area (Å²) in [5.41, 5.74) is 1.34. The van der Waals surface area contributed by atoms with E-state index in [-0.39, 0.29) is 11.3 Å². The van der Waals surface area contributed by atoms with E-state index in [4.69, 9.17) is 0 Å². The summed E-state index contributed by atoms with van der Waals surface area (Å²) in [6, 6.07) is 12.8. The summed E-state index contributed by atoms with van der Waals surface area (Å²) < 4.78 is 28.8. The van der Waals surface area contributed by atoms with Gasteiger partial charge in [0.15, 0.2) is 0 Å². The summed E-state index contributed by atoms with van der Waals surface area (Å²) in [6.45, 7) is -1.52. The van der Waals surface area contributed by atoms with E-state index < -0.39 is 30.0 Å². The number of benzene rings is 2. The molecule has 1 aliphatic rings. The van der Waals surface area contributed by atoms with Crippen molar-refractivity contribution in [1.82, 2.24) is 15.8 Å². The van der Waals surface area contributed by atoms with Crippen molar-refractivity contribution in [2.75, 3.05) is 0 Å². The number of halogens is 2. The first kappa shape index (κ1) is 18.3. The minimum Gasteiger partial charge on any atom is -0.435 e. The zero-order chi connectivity index (χ0) is 19.6. The summed E-state index contributed by atoms with van der Waals surface area (Å²) in [5.74, 6) is -1.72. The molecule has 0 saturated carbocycles. The van der Waals surface area contributed by atoms with E-state index in [1.807, 2.05) is 0 Å². The topological polar surface area (TPSA) is 87.7 Å². The van der Waals surface area contributed by atoms with Crippen LogP contribution in [-0.4, -0.2) is 29.5 Å². The molecule has 0 bridgehead atoms. The van der Waals surface area contributed by atoms with Crippen LogP contribution in [0.2, 0.25) is 0 Å². The molecule has 3 rings (SSSR count). The van der Waals surface area contributed by atoms with Crippen LogP contribution in [-0.2, 0) is 10.3 Å². The number of nitrogens with zero attached hydrogens (tertiary/aromatic N) is 1. The monoisotopic (exact) mass is 375 g/mol. The van der Waals surface area contributed by atoms with Gasteiger partial charge in [0, 0.05) is 5.56 Å². The van der Waals surface area contributed by atoms with Gasteiger partial charge in [0.05, 0.1) is 0 Å². The van der Waals surface area contributed by atoms with E-state index in [0.717, 1.165) is 6.07 Å². The normalized spacial score (nSPS) is 19.2. The number of imide groups is 1. The van der Waals surface area contributed by atoms with Crippen molar-refractivity contribution >= 4 is 17.8 Å². The average Bonchev–Trinajstić information content (AvgIpc) is 2.86. The molecule has 2 N–H and O–H groups in total. The van der Waals surface area contributed by atoms with Gasteiger partial charge in [-0.2, -0.15) is 13.8 Å². The SMILES string of the molecule is C[C@]1(c2ccccc2)NC(=O)N(NC(=O)c2cccc(OC(F)F)c2)C1=O. The van der Waals surface area contributed by atoms with Gasteiger partial charge in [-0.25, -0.2) is 4.79 Å². The van der Waals surface area contributed by atoms with Crippen LogP contribution < -0.4 is 15.5 Å². The van der Waals surface area contributed by atoms with Gasteiger partial charge < -0.3 is 10.1 Å². The minimum absolute atomic E-state index is 0.0536. The van der Waals surface area contributed by atoms with Crippen molar-refractivity contribution in [2.24, 2.45) is 0 Å². The van der Waals surface area contributed by atoms with Crippen LogP contribution in [0, 0.1) is 0 Å². The maximum atomic E-state index is 12.7. The van der Waals surface area contributed by atoms with Gasteiger partial charge in [0.1, 0.15) is 11.3 Å². The minimum atomic E-state index is -3.04. The molecule has 140 valence electrons. The molecule has 7 nitrogen and oxygen atoms in total. The second-order valence-corrected chi connectivity index (χ2v) is 5.91. The fourth-order valence-electron chi connectivity index (χ4n) is 2.69. The van der Waals surface area contributed by atoms with E-state index in [1.54, 1.807) is 30.3 Å². The molecule has 0 radical (unpaired) electrons. The van der Waals surface area contributed by atoms with Crippen LogP contribution in [0.25, 0.3) is 0 Å². The molecule has 0 spiro atoms.